The molecule has 1 aliphatic heterocycles. The Labute approximate surface area is 279 Å². The van der Waals surface area contributed by atoms with Crippen molar-refractivity contribution >= 4 is 46.6 Å². The summed E-state index contributed by atoms with van der Waals surface area (Å²) in [5, 5.41) is 1.01. The first kappa shape index (κ1) is 33.1. The number of rotatable bonds is 11. The molecule has 1 aromatic heterocycles. The average molecular weight is 684 g/mol. The summed E-state index contributed by atoms with van der Waals surface area (Å²) in [5.41, 5.74) is 2.52. The predicted octanol–water partition coefficient (Wildman–Crippen LogP) is 6.10. The maximum Gasteiger partial charge on any atom is 0.338 e. The third kappa shape index (κ3) is 6.79. The molecule has 3 aromatic carbocycles. The minimum Gasteiger partial charge on any atom is -0.493 e. The van der Waals surface area contributed by atoms with Gasteiger partial charge >= 0.3 is 5.97 Å². The van der Waals surface area contributed by atoms with Crippen molar-refractivity contribution in [2.45, 2.75) is 33.4 Å². The molecular weight excluding hydrogens is 651 g/mol. The lowest BCUT2D eigenvalue weighted by Crippen LogP contribution is -2.40. The lowest BCUT2D eigenvalue weighted by atomic mass is 9.95. The molecule has 9 nitrogen and oxygen atoms in total. The number of benzene rings is 3. The van der Waals surface area contributed by atoms with E-state index < -0.39 is 12.0 Å². The molecule has 46 heavy (non-hydrogen) atoms. The summed E-state index contributed by atoms with van der Waals surface area (Å²) < 4.78 is 30.3. The molecule has 1 atom stereocenters. The summed E-state index contributed by atoms with van der Waals surface area (Å²) in [4.78, 5) is 32.6. The molecule has 0 bridgehead atoms. The van der Waals surface area contributed by atoms with Gasteiger partial charge in [-0.15, -0.1) is 0 Å². The van der Waals surface area contributed by atoms with E-state index in [1.54, 1.807) is 82.7 Å². The molecule has 0 radical (unpaired) electrons. The summed E-state index contributed by atoms with van der Waals surface area (Å²) in [5.74, 6) is 1.46. The molecule has 5 rings (SSSR count). The fraction of sp³-hybridized carbons (Fsp3) is 0.265. The second-order valence-corrected chi connectivity index (χ2v) is 11.9. The molecule has 0 unspecified atom stereocenters. The lowest BCUT2D eigenvalue weighted by Gasteiger charge is -2.25. The second-order valence-electron chi connectivity index (χ2n) is 10.1. The first-order chi connectivity index (χ1) is 22.2. The molecule has 12 heteroatoms. The molecule has 1 aliphatic rings. The van der Waals surface area contributed by atoms with E-state index in [0.717, 1.165) is 11.1 Å². The first-order valence-electron chi connectivity index (χ1n) is 14.4. The van der Waals surface area contributed by atoms with E-state index in [4.69, 9.17) is 46.9 Å². The van der Waals surface area contributed by atoms with E-state index in [1.807, 2.05) is 13.0 Å². The number of thiazole rings is 1. The van der Waals surface area contributed by atoms with E-state index in [9.17, 15) is 9.59 Å². The standard InChI is InChI=1S/C34H32Cl2N2O7S/c1-6-43-28-16-21(10-13-26(28)45-18-22-9-11-23(35)17-24(22)36)31-30(33(40)44-7-2)19(3)37-34-38(31)32(39)29(46-34)15-20-8-12-25(41-4)27(14-20)42-5/h8-17,31H,6-7,18H2,1-5H3/b29-15+/t31-/m1/s1. The van der Waals surface area contributed by atoms with Crippen LogP contribution in [0.2, 0.25) is 10.0 Å². The molecule has 0 amide bonds. The Morgan fingerprint density at radius 1 is 0.935 bits per heavy atom. The van der Waals surface area contributed by atoms with Gasteiger partial charge in [0.1, 0.15) is 6.61 Å². The Morgan fingerprint density at radius 2 is 1.70 bits per heavy atom. The van der Waals surface area contributed by atoms with Crippen LogP contribution in [0.5, 0.6) is 23.0 Å². The molecule has 2 heterocycles. The minimum absolute atomic E-state index is 0.163. The van der Waals surface area contributed by atoms with Crippen LogP contribution in [0, 0.1) is 0 Å². The zero-order chi connectivity index (χ0) is 33.0. The van der Waals surface area contributed by atoms with Gasteiger partial charge in [-0.2, -0.15) is 0 Å². The van der Waals surface area contributed by atoms with Crippen LogP contribution in [0.4, 0.5) is 0 Å². The number of allylic oxidation sites excluding steroid dienone is 1. The molecule has 0 saturated carbocycles. The van der Waals surface area contributed by atoms with Gasteiger partial charge in [-0.05, 0) is 74.4 Å². The lowest BCUT2D eigenvalue weighted by molar-refractivity contribution is -0.139. The number of esters is 1. The molecule has 0 fully saturated rings. The van der Waals surface area contributed by atoms with Crippen molar-refractivity contribution in [1.82, 2.24) is 4.57 Å². The minimum atomic E-state index is -0.832. The summed E-state index contributed by atoms with van der Waals surface area (Å²) in [7, 11) is 3.11. The number of ether oxygens (including phenoxy) is 5. The highest BCUT2D eigenvalue weighted by Gasteiger charge is 2.34. The number of hydrogen-bond donors (Lipinski definition) is 0. The van der Waals surface area contributed by atoms with Crippen molar-refractivity contribution in [1.29, 1.82) is 0 Å². The smallest absolute Gasteiger partial charge is 0.338 e. The molecule has 4 aromatic rings. The molecule has 0 saturated heterocycles. The molecule has 0 aliphatic carbocycles. The van der Waals surface area contributed by atoms with E-state index in [0.29, 0.717) is 60.2 Å². The van der Waals surface area contributed by atoms with Crippen LogP contribution in [0.1, 0.15) is 43.5 Å². The quantitative estimate of drug-likeness (QED) is 0.176. The Bertz CT molecular complexity index is 2000. The number of hydrogen-bond acceptors (Lipinski definition) is 9. The van der Waals surface area contributed by atoms with E-state index in [1.165, 1.54) is 15.9 Å². The van der Waals surface area contributed by atoms with Crippen molar-refractivity contribution in [2.24, 2.45) is 4.99 Å². The zero-order valence-corrected chi connectivity index (χ0v) is 28.2. The highest BCUT2D eigenvalue weighted by atomic mass is 35.5. The summed E-state index contributed by atoms with van der Waals surface area (Å²) in [6.45, 7) is 6.02. The van der Waals surface area contributed by atoms with Crippen LogP contribution in [0.3, 0.4) is 0 Å². The topological polar surface area (TPSA) is 97.6 Å². The van der Waals surface area contributed by atoms with Gasteiger partial charge in [0.25, 0.3) is 5.56 Å². The second kappa shape index (κ2) is 14.5. The predicted molar refractivity (Wildman–Crippen MR) is 178 cm³/mol. The number of fused-ring (bicyclic) bond motifs is 1. The van der Waals surface area contributed by atoms with Crippen molar-refractivity contribution in [2.75, 3.05) is 27.4 Å². The van der Waals surface area contributed by atoms with Gasteiger partial charge in [0.2, 0.25) is 0 Å². The number of carbonyl (C=O) groups excluding carboxylic acids is 1. The normalized spacial score (nSPS) is 14.4. The van der Waals surface area contributed by atoms with Crippen LogP contribution >= 0.6 is 34.5 Å². The molecule has 0 spiro atoms. The van der Waals surface area contributed by atoms with Crippen molar-refractivity contribution in [3.05, 3.63) is 112 Å². The van der Waals surface area contributed by atoms with Gasteiger partial charge in [-0.3, -0.25) is 9.36 Å². The third-order valence-electron chi connectivity index (χ3n) is 7.20. The third-order valence-corrected chi connectivity index (χ3v) is 8.77. The zero-order valence-electron chi connectivity index (χ0n) is 25.9. The van der Waals surface area contributed by atoms with Crippen molar-refractivity contribution in [3.8, 4) is 23.0 Å². The molecule has 240 valence electrons. The number of aromatic nitrogens is 1. The van der Waals surface area contributed by atoms with Gasteiger partial charge in [-0.25, -0.2) is 9.79 Å². The van der Waals surface area contributed by atoms with Gasteiger partial charge in [0, 0.05) is 15.6 Å². The fourth-order valence-corrected chi connectivity index (χ4v) is 6.59. The average Bonchev–Trinajstić information content (AvgIpc) is 3.34. The van der Waals surface area contributed by atoms with Gasteiger partial charge in [-0.1, -0.05) is 52.7 Å². The Morgan fingerprint density at radius 3 is 2.39 bits per heavy atom. The van der Waals surface area contributed by atoms with Gasteiger partial charge in [0.15, 0.2) is 27.8 Å². The van der Waals surface area contributed by atoms with Crippen molar-refractivity contribution < 1.29 is 28.5 Å². The highest BCUT2D eigenvalue weighted by molar-refractivity contribution is 7.07. The summed E-state index contributed by atoms with van der Waals surface area (Å²) >= 11 is 13.6. The summed E-state index contributed by atoms with van der Waals surface area (Å²) in [6, 6.07) is 15.1. The van der Waals surface area contributed by atoms with Crippen molar-refractivity contribution in [3.63, 3.8) is 0 Å². The monoisotopic (exact) mass is 682 g/mol. The number of carbonyl (C=O) groups is 1. The maximum absolute atomic E-state index is 14.1. The van der Waals surface area contributed by atoms with Crippen LogP contribution in [-0.4, -0.2) is 38.0 Å². The Kier molecular flexibility index (Phi) is 10.4. The van der Waals surface area contributed by atoms with Crippen LogP contribution < -0.4 is 33.8 Å². The number of halogens is 2. The maximum atomic E-state index is 14.1. The molecular formula is C34H32Cl2N2O7S. The Balaban J connectivity index is 1.61. The Hall–Kier alpha value is -4.25. The van der Waals surface area contributed by atoms with E-state index in [-0.39, 0.29) is 24.3 Å². The van der Waals surface area contributed by atoms with E-state index in [2.05, 4.69) is 4.99 Å². The highest BCUT2D eigenvalue weighted by Crippen LogP contribution is 2.37. The molecule has 0 N–H and O–H groups in total. The van der Waals surface area contributed by atoms with E-state index >= 15 is 0 Å². The number of nitrogens with zero attached hydrogens (tertiary/aromatic N) is 2. The van der Waals surface area contributed by atoms with Crippen LogP contribution in [-0.2, 0) is 16.1 Å². The largest absolute Gasteiger partial charge is 0.493 e. The number of methoxy groups -OCH3 is 2. The summed E-state index contributed by atoms with van der Waals surface area (Å²) in [6.07, 6.45) is 1.76. The van der Waals surface area contributed by atoms with Gasteiger partial charge in [0.05, 0.1) is 49.3 Å². The van der Waals surface area contributed by atoms with Gasteiger partial charge < -0.3 is 23.7 Å². The first-order valence-corrected chi connectivity index (χ1v) is 16.0. The van der Waals surface area contributed by atoms with Crippen LogP contribution in [0.25, 0.3) is 6.08 Å². The SMILES string of the molecule is CCOC(=O)C1=C(C)N=c2s/c(=C/c3ccc(OC)c(OC)c3)c(=O)n2[C@@H]1c1ccc(OCc2ccc(Cl)cc2Cl)c(OCC)c1. The van der Waals surface area contributed by atoms with Crippen LogP contribution in [0.15, 0.2) is 75.7 Å². The fourth-order valence-electron chi connectivity index (χ4n) is 5.08.